The highest BCUT2D eigenvalue weighted by molar-refractivity contribution is 7.89. The molecule has 0 unspecified atom stereocenters. The summed E-state index contributed by atoms with van der Waals surface area (Å²) in [5, 5.41) is 4.23. The molecule has 0 amide bonds. The minimum atomic E-state index is -3.47. The topological polar surface area (TPSA) is 55.2 Å². The van der Waals surface area contributed by atoms with Crippen LogP contribution >= 0.6 is 0 Å². The fourth-order valence-electron chi connectivity index (χ4n) is 2.02. The lowest BCUT2D eigenvalue weighted by Crippen LogP contribution is -2.26. The van der Waals surface area contributed by atoms with E-state index in [4.69, 9.17) is 0 Å². The van der Waals surface area contributed by atoms with Crippen LogP contribution in [-0.2, 0) is 23.6 Å². The summed E-state index contributed by atoms with van der Waals surface area (Å²) in [4.78, 5) is 0.312. The summed E-state index contributed by atoms with van der Waals surface area (Å²) in [6.45, 7) is 4.12. The SMILES string of the molecule is Cc1ccc(S(=O)(=O)N(C)Cc2cn(C)nc2C)cc1. The molecule has 0 bridgehead atoms. The van der Waals surface area contributed by atoms with E-state index in [-0.39, 0.29) is 0 Å². The van der Waals surface area contributed by atoms with Crippen LogP contribution in [-0.4, -0.2) is 29.6 Å². The number of hydrogen-bond donors (Lipinski definition) is 0. The summed E-state index contributed by atoms with van der Waals surface area (Å²) >= 11 is 0. The van der Waals surface area contributed by atoms with Crippen LogP contribution in [0.4, 0.5) is 0 Å². The molecule has 0 N–H and O–H groups in total. The van der Waals surface area contributed by atoms with Crippen LogP contribution in [0.1, 0.15) is 16.8 Å². The number of rotatable bonds is 4. The van der Waals surface area contributed by atoms with Crippen molar-refractivity contribution in [3.63, 3.8) is 0 Å². The Kier molecular flexibility index (Phi) is 3.96. The van der Waals surface area contributed by atoms with E-state index >= 15 is 0 Å². The number of aryl methyl sites for hydroxylation is 3. The maximum atomic E-state index is 12.5. The fraction of sp³-hybridized carbons (Fsp3) is 0.357. The smallest absolute Gasteiger partial charge is 0.243 e. The van der Waals surface area contributed by atoms with Gasteiger partial charge in [-0.05, 0) is 26.0 Å². The van der Waals surface area contributed by atoms with E-state index in [1.807, 2.05) is 27.1 Å². The maximum absolute atomic E-state index is 12.5. The van der Waals surface area contributed by atoms with Gasteiger partial charge in [0.2, 0.25) is 10.0 Å². The van der Waals surface area contributed by atoms with Gasteiger partial charge in [0, 0.05) is 32.4 Å². The van der Waals surface area contributed by atoms with Crippen molar-refractivity contribution in [2.24, 2.45) is 7.05 Å². The zero-order valence-electron chi connectivity index (χ0n) is 12.2. The van der Waals surface area contributed by atoms with Crippen molar-refractivity contribution in [1.29, 1.82) is 0 Å². The molecule has 0 atom stereocenters. The van der Waals surface area contributed by atoms with Gasteiger partial charge in [0.25, 0.3) is 0 Å². The van der Waals surface area contributed by atoms with Gasteiger partial charge >= 0.3 is 0 Å². The van der Waals surface area contributed by atoms with Gasteiger partial charge in [-0.15, -0.1) is 0 Å². The van der Waals surface area contributed by atoms with Crippen LogP contribution < -0.4 is 0 Å². The average molecular weight is 293 g/mol. The molecule has 0 radical (unpaired) electrons. The average Bonchev–Trinajstić information content (AvgIpc) is 2.68. The van der Waals surface area contributed by atoms with Crippen LogP contribution in [0, 0.1) is 13.8 Å². The van der Waals surface area contributed by atoms with Gasteiger partial charge in [-0.3, -0.25) is 4.68 Å². The Morgan fingerprint density at radius 2 is 1.80 bits per heavy atom. The van der Waals surface area contributed by atoms with Crippen LogP contribution in [0.25, 0.3) is 0 Å². The maximum Gasteiger partial charge on any atom is 0.243 e. The second-order valence-corrected chi connectivity index (χ2v) is 7.03. The summed E-state index contributed by atoms with van der Waals surface area (Å²) < 4.78 is 28.0. The van der Waals surface area contributed by atoms with E-state index in [1.54, 1.807) is 36.0 Å². The summed E-state index contributed by atoms with van der Waals surface area (Å²) in [7, 11) is -0.0558. The Labute approximate surface area is 119 Å². The largest absolute Gasteiger partial charge is 0.275 e. The van der Waals surface area contributed by atoms with Gasteiger partial charge in [-0.25, -0.2) is 8.42 Å². The van der Waals surface area contributed by atoms with E-state index in [1.165, 1.54) is 4.31 Å². The summed E-state index contributed by atoms with van der Waals surface area (Å²) in [5.74, 6) is 0. The van der Waals surface area contributed by atoms with E-state index in [0.29, 0.717) is 11.4 Å². The molecule has 0 spiro atoms. The van der Waals surface area contributed by atoms with Gasteiger partial charge in [-0.2, -0.15) is 9.40 Å². The third kappa shape index (κ3) is 2.91. The molecule has 1 aromatic carbocycles. The standard InChI is InChI=1S/C14H19N3O2S/c1-11-5-7-14(8-6-11)20(18,19)17(4)10-13-9-16(3)15-12(13)2/h5-9H,10H2,1-4H3. The third-order valence-electron chi connectivity index (χ3n) is 3.24. The Morgan fingerprint density at radius 3 is 2.30 bits per heavy atom. The van der Waals surface area contributed by atoms with Crippen LogP contribution in [0.2, 0.25) is 0 Å². The molecule has 2 rings (SSSR count). The number of nitrogens with zero attached hydrogens (tertiary/aromatic N) is 3. The molecule has 6 heteroatoms. The molecular formula is C14H19N3O2S. The quantitative estimate of drug-likeness (QED) is 0.864. The molecule has 108 valence electrons. The first-order chi connectivity index (χ1) is 9.30. The fourth-order valence-corrected chi connectivity index (χ4v) is 3.17. The van der Waals surface area contributed by atoms with Crippen molar-refractivity contribution in [2.75, 3.05) is 7.05 Å². The number of sulfonamides is 1. The predicted molar refractivity (Wildman–Crippen MR) is 77.8 cm³/mol. The monoisotopic (exact) mass is 293 g/mol. The molecule has 20 heavy (non-hydrogen) atoms. The van der Waals surface area contributed by atoms with Crippen LogP contribution in [0.15, 0.2) is 35.4 Å². The minimum Gasteiger partial charge on any atom is -0.275 e. The lowest BCUT2D eigenvalue weighted by molar-refractivity contribution is 0.466. The van der Waals surface area contributed by atoms with Gasteiger partial charge in [0.15, 0.2) is 0 Å². The Bertz CT molecular complexity index is 703. The molecule has 0 aliphatic carbocycles. The highest BCUT2D eigenvalue weighted by Gasteiger charge is 2.21. The van der Waals surface area contributed by atoms with Crippen molar-refractivity contribution in [2.45, 2.75) is 25.3 Å². The second-order valence-electron chi connectivity index (χ2n) is 4.99. The van der Waals surface area contributed by atoms with Crippen molar-refractivity contribution in [3.8, 4) is 0 Å². The molecule has 0 saturated heterocycles. The first-order valence-corrected chi connectivity index (χ1v) is 7.77. The van der Waals surface area contributed by atoms with E-state index in [0.717, 1.165) is 16.8 Å². The molecular weight excluding hydrogens is 274 g/mol. The molecule has 1 heterocycles. The molecule has 0 fully saturated rings. The Balaban J connectivity index is 2.25. The Morgan fingerprint density at radius 1 is 1.20 bits per heavy atom. The van der Waals surface area contributed by atoms with Crippen molar-refractivity contribution in [3.05, 3.63) is 47.3 Å². The number of aromatic nitrogens is 2. The normalized spacial score (nSPS) is 12.1. The number of hydrogen-bond acceptors (Lipinski definition) is 3. The summed E-state index contributed by atoms with van der Waals surface area (Å²) in [6, 6.07) is 6.88. The van der Waals surface area contributed by atoms with Crippen molar-refractivity contribution in [1.82, 2.24) is 14.1 Å². The highest BCUT2D eigenvalue weighted by atomic mass is 32.2. The minimum absolute atomic E-state index is 0.312. The molecule has 0 aliphatic rings. The second kappa shape index (κ2) is 5.38. The summed E-state index contributed by atoms with van der Waals surface area (Å²) in [5.41, 5.74) is 2.79. The van der Waals surface area contributed by atoms with Crippen LogP contribution in [0.3, 0.4) is 0 Å². The molecule has 0 aliphatic heterocycles. The zero-order chi connectivity index (χ0) is 14.9. The molecule has 5 nitrogen and oxygen atoms in total. The van der Waals surface area contributed by atoms with Gasteiger partial charge in [0.1, 0.15) is 0 Å². The van der Waals surface area contributed by atoms with E-state index in [2.05, 4.69) is 5.10 Å². The van der Waals surface area contributed by atoms with Crippen molar-refractivity contribution < 1.29 is 8.42 Å². The molecule has 0 saturated carbocycles. The van der Waals surface area contributed by atoms with Gasteiger partial charge < -0.3 is 0 Å². The molecule has 2 aromatic rings. The molecule has 1 aromatic heterocycles. The first-order valence-electron chi connectivity index (χ1n) is 6.33. The Hall–Kier alpha value is -1.66. The predicted octanol–water partition coefficient (Wildman–Crippen LogP) is 1.86. The van der Waals surface area contributed by atoms with E-state index < -0.39 is 10.0 Å². The first kappa shape index (κ1) is 14.7. The summed E-state index contributed by atoms with van der Waals surface area (Å²) in [6.07, 6.45) is 1.84. The van der Waals surface area contributed by atoms with Gasteiger partial charge in [0.05, 0.1) is 10.6 Å². The van der Waals surface area contributed by atoms with Crippen molar-refractivity contribution >= 4 is 10.0 Å². The van der Waals surface area contributed by atoms with E-state index in [9.17, 15) is 8.42 Å². The zero-order valence-corrected chi connectivity index (χ0v) is 13.0. The lowest BCUT2D eigenvalue weighted by Gasteiger charge is -2.17. The van der Waals surface area contributed by atoms with Gasteiger partial charge in [-0.1, -0.05) is 17.7 Å². The lowest BCUT2D eigenvalue weighted by atomic mass is 10.2. The van der Waals surface area contributed by atoms with Crippen LogP contribution in [0.5, 0.6) is 0 Å². The number of benzene rings is 1. The third-order valence-corrected chi connectivity index (χ3v) is 5.05. The highest BCUT2D eigenvalue weighted by Crippen LogP contribution is 2.18.